The van der Waals surface area contributed by atoms with E-state index in [4.69, 9.17) is 4.74 Å². The van der Waals surface area contributed by atoms with Gasteiger partial charge in [-0.15, -0.1) is 0 Å². The highest BCUT2D eigenvalue weighted by molar-refractivity contribution is 6.08. The minimum absolute atomic E-state index is 0.0384. The predicted molar refractivity (Wildman–Crippen MR) is 114 cm³/mol. The molecular formula is C22H24N4O4. The monoisotopic (exact) mass is 408 g/mol. The second-order valence-electron chi connectivity index (χ2n) is 6.53. The van der Waals surface area contributed by atoms with Crippen LogP contribution in [0.25, 0.3) is 22.3 Å². The van der Waals surface area contributed by atoms with Gasteiger partial charge < -0.3 is 20.5 Å². The van der Waals surface area contributed by atoms with Crippen molar-refractivity contribution in [3.8, 4) is 17.0 Å². The Balaban J connectivity index is 2.08. The fourth-order valence-corrected chi connectivity index (χ4v) is 2.95. The van der Waals surface area contributed by atoms with Gasteiger partial charge in [-0.2, -0.15) is 0 Å². The molecule has 156 valence electrons. The number of hydrogen-bond donors (Lipinski definition) is 3. The fraction of sp³-hybridized carbons (Fsp3) is 0.273. The van der Waals surface area contributed by atoms with Gasteiger partial charge in [-0.25, -0.2) is 9.97 Å². The molecule has 3 rings (SSSR count). The van der Waals surface area contributed by atoms with Gasteiger partial charge >= 0.3 is 5.97 Å². The van der Waals surface area contributed by atoms with Gasteiger partial charge in [-0.05, 0) is 25.5 Å². The average molecular weight is 408 g/mol. The van der Waals surface area contributed by atoms with Crippen molar-refractivity contribution in [1.29, 1.82) is 0 Å². The van der Waals surface area contributed by atoms with Gasteiger partial charge in [0.15, 0.2) is 5.82 Å². The summed E-state index contributed by atoms with van der Waals surface area (Å²) in [5.74, 6) is -0.841. The van der Waals surface area contributed by atoms with E-state index in [0.717, 1.165) is 12.0 Å². The van der Waals surface area contributed by atoms with Crippen LogP contribution in [0.1, 0.15) is 30.6 Å². The second-order valence-corrected chi connectivity index (χ2v) is 6.53. The van der Waals surface area contributed by atoms with Crippen LogP contribution in [0.3, 0.4) is 0 Å². The molecule has 0 fully saturated rings. The number of aromatic hydroxyl groups is 1. The number of rotatable bonds is 8. The quantitative estimate of drug-likeness (QED) is 0.491. The third-order valence-corrected chi connectivity index (χ3v) is 4.33. The molecule has 0 atom stereocenters. The molecule has 0 spiro atoms. The van der Waals surface area contributed by atoms with Crippen LogP contribution in [0.2, 0.25) is 0 Å². The van der Waals surface area contributed by atoms with Gasteiger partial charge in [0.1, 0.15) is 29.1 Å². The van der Waals surface area contributed by atoms with Crippen LogP contribution in [-0.2, 0) is 9.53 Å². The normalized spacial score (nSPS) is 10.6. The summed E-state index contributed by atoms with van der Waals surface area (Å²) >= 11 is 0. The molecule has 0 bridgehead atoms. The lowest BCUT2D eigenvalue weighted by molar-refractivity contribution is -0.141. The summed E-state index contributed by atoms with van der Waals surface area (Å²) in [6.07, 6.45) is 0.908. The Morgan fingerprint density at radius 2 is 1.83 bits per heavy atom. The molecule has 2 aromatic carbocycles. The third-order valence-electron chi connectivity index (χ3n) is 4.33. The van der Waals surface area contributed by atoms with Crippen LogP contribution in [0.5, 0.6) is 5.75 Å². The SMILES string of the molecule is CCCNc1nc2ccc(O)c(C(=O)NCC(=O)OCC)c2nc1-c1ccccc1. The van der Waals surface area contributed by atoms with E-state index in [1.165, 1.54) is 6.07 Å². The number of phenolic OH excluding ortho intramolecular Hbond substituents is 1. The predicted octanol–water partition coefficient (Wildman–Crippen LogP) is 3.12. The number of fused-ring (bicyclic) bond motifs is 1. The van der Waals surface area contributed by atoms with E-state index in [9.17, 15) is 14.7 Å². The lowest BCUT2D eigenvalue weighted by Gasteiger charge is -2.14. The zero-order valence-electron chi connectivity index (χ0n) is 16.9. The van der Waals surface area contributed by atoms with Crippen molar-refractivity contribution in [1.82, 2.24) is 15.3 Å². The molecule has 1 aromatic heterocycles. The van der Waals surface area contributed by atoms with Crippen molar-refractivity contribution in [3.05, 3.63) is 48.0 Å². The number of amides is 1. The first kappa shape index (κ1) is 21.0. The van der Waals surface area contributed by atoms with Crippen LogP contribution in [0.4, 0.5) is 5.82 Å². The number of benzene rings is 2. The minimum atomic E-state index is -0.631. The molecule has 3 aromatic rings. The fourth-order valence-electron chi connectivity index (χ4n) is 2.95. The maximum atomic E-state index is 12.7. The van der Waals surface area contributed by atoms with E-state index >= 15 is 0 Å². The van der Waals surface area contributed by atoms with Crippen molar-refractivity contribution >= 4 is 28.7 Å². The Morgan fingerprint density at radius 3 is 2.53 bits per heavy atom. The van der Waals surface area contributed by atoms with Crippen LogP contribution >= 0.6 is 0 Å². The maximum Gasteiger partial charge on any atom is 0.325 e. The molecule has 1 heterocycles. The number of phenols is 1. The Labute approximate surface area is 174 Å². The van der Waals surface area contributed by atoms with Gasteiger partial charge in [0.25, 0.3) is 5.91 Å². The second kappa shape index (κ2) is 9.69. The number of anilines is 1. The zero-order valence-corrected chi connectivity index (χ0v) is 16.9. The molecule has 0 saturated heterocycles. The number of ether oxygens (including phenoxy) is 1. The van der Waals surface area contributed by atoms with Crippen molar-refractivity contribution < 1.29 is 19.4 Å². The Morgan fingerprint density at radius 1 is 1.07 bits per heavy atom. The van der Waals surface area contributed by atoms with E-state index < -0.39 is 11.9 Å². The molecule has 8 nitrogen and oxygen atoms in total. The number of esters is 1. The lowest BCUT2D eigenvalue weighted by Crippen LogP contribution is -2.31. The summed E-state index contributed by atoms with van der Waals surface area (Å²) in [6, 6.07) is 12.5. The summed E-state index contributed by atoms with van der Waals surface area (Å²) in [6.45, 7) is 4.35. The standard InChI is InChI=1S/C22H24N4O4/c1-3-12-23-21-19(14-8-6-5-7-9-14)26-20-15(25-21)10-11-16(27)18(20)22(29)24-13-17(28)30-4-2/h5-11,27H,3-4,12-13H2,1-2H3,(H,23,25)(H,24,29). The summed E-state index contributed by atoms with van der Waals surface area (Å²) in [7, 11) is 0. The molecular weight excluding hydrogens is 384 g/mol. The van der Waals surface area contributed by atoms with Crippen LogP contribution in [0, 0.1) is 0 Å². The van der Waals surface area contributed by atoms with Crippen LogP contribution < -0.4 is 10.6 Å². The smallest absolute Gasteiger partial charge is 0.325 e. The number of nitrogens with zero attached hydrogens (tertiary/aromatic N) is 2. The van der Waals surface area contributed by atoms with Gasteiger partial charge in [0, 0.05) is 12.1 Å². The maximum absolute atomic E-state index is 12.7. The highest BCUT2D eigenvalue weighted by atomic mass is 16.5. The summed E-state index contributed by atoms with van der Waals surface area (Å²) in [5, 5.41) is 16.1. The molecule has 0 saturated carbocycles. The number of nitrogens with one attached hydrogen (secondary N) is 2. The molecule has 0 aliphatic carbocycles. The van der Waals surface area contributed by atoms with Crippen LogP contribution in [-0.4, -0.2) is 46.6 Å². The largest absolute Gasteiger partial charge is 0.507 e. The molecule has 3 N–H and O–H groups in total. The summed E-state index contributed by atoms with van der Waals surface area (Å²) in [5.41, 5.74) is 2.06. The molecule has 0 aliphatic rings. The molecule has 0 unspecified atom stereocenters. The molecule has 8 heteroatoms. The molecule has 1 amide bonds. The topological polar surface area (TPSA) is 113 Å². The first-order valence-electron chi connectivity index (χ1n) is 9.82. The van der Waals surface area contributed by atoms with E-state index in [0.29, 0.717) is 23.6 Å². The Hall–Kier alpha value is -3.68. The number of aromatic nitrogens is 2. The van der Waals surface area contributed by atoms with Gasteiger partial charge in [-0.3, -0.25) is 9.59 Å². The van der Waals surface area contributed by atoms with Crippen molar-refractivity contribution in [2.45, 2.75) is 20.3 Å². The van der Waals surface area contributed by atoms with Gasteiger partial charge in [0.2, 0.25) is 0 Å². The highest BCUT2D eigenvalue weighted by Gasteiger charge is 2.21. The van der Waals surface area contributed by atoms with E-state index in [2.05, 4.69) is 20.6 Å². The molecule has 0 aliphatic heterocycles. The summed E-state index contributed by atoms with van der Waals surface area (Å²) < 4.78 is 4.82. The van der Waals surface area contributed by atoms with Gasteiger partial charge in [0.05, 0.1) is 12.1 Å². The summed E-state index contributed by atoms with van der Waals surface area (Å²) in [4.78, 5) is 33.6. The zero-order chi connectivity index (χ0) is 21.5. The average Bonchev–Trinajstić information content (AvgIpc) is 2.76. The first-order valence-corrected chi connectivity index (χ1v) is 9.82. The van der Waals surface area contributed by atoms with E-state index in [1.54, 1.807) is 13.0 Å². The van der Waals surface area contributed by atoms with Crippen LogP contribution in [0.15, 0.2) is 42.5 Å². The van der Waals surface area contributed by atoms with Crippen molar-refractivity contribution in [3.63, 3.8) is 0 Å². The highest BCUT2D eigenvalue weighted by Crippen LogP contribution is 2.31. The number of carbonyl (C=O) groups is 2. The third kappa shape index (κ3) is 4.65. The van der Waals surface area contributed by atoms with E-state index in [-0.39, 0.29) is 30.0 Å². The lowest BCUT2D eigenvalue weighted by atomic mass is 10.1. The van der Waals surface area contributed by atoms with Gasteiger partial charge in [-0.1, -0.05) is 37.3 Å². The van der Waals surface area contributed by atoms with Crippen molar-refractivity contribution in [2.24, 2.45) is 0 Å². The minimum Gasteiger partial charge on any atom is -0.507 e. The number of hydrogen-bond acceptors (Lipinski definition) is 7. The Bertz CT molecular complexity index is 1050. The first-order chi connectivity index (χ1) is 14.5. The van der Waals surface area contributed by atoms with E-state index in [1.807, 2.05) is 37.3 Å². The molecule has 30 heavy (non-hydrogen) atoms. The Kier molecular flexibility index (Phi) is 6.79. The number of carbonyl (C=O) groups excluding carboxylic acids is 2. The molecule has 0 radical (unpaired) electrons. The van der Waals surface area contributed by atoms with Crippen molar-refractivity contribution in [2.75, 3.05) is 25.0 Å².